The molecule has 112 valence electrons. The molecule has 0 radical (unpaired) electrons. The van der Waals surface area contributed by atoms with Crippen LogP contribution in [0.15, 0.2) is 30.3 Å². The fraction of sp³-hybridized carbons (Fsp3) is 0.538. The first-order valence-corrected chi connectivity index (χ1v) is 8.72. The first kappa shape index (κ1) is 16.0. The number of benzene rings is 1. The Hall–Kier alpha value is -0.330. The predicted molar refractivity (Wildman–Crippen MR) is 82.3 cm³/mol. The van der Waals surface area contributed by atoms with Gasteiger partial charge in [-0.3, -0.25) is 0 Å². The van der Waals surface area contributed by atoms with E-state index in [2.05, 4.69) is 4.72 Å². The molecular formula is C13H18Cl2N2O2S. The second kappa shape index (κ2) is 5.46. The molecule has 4 nitrogen and oxygen atoms in total. The van der Waals surface area contributed by atoms with Crippen molar-refractivity contribution in [3.05, 3.63) is 35.9 Å². The highest BCUT2D eigenvalue weighted by atomic mass is 35.5. The van der Waals surface area contributed by atoms with Gasteiger partial charge in [0, 0.05) is 18.0 Å². The van der Waals surface area contributed by atoms with Gasteiger partial charge in [0.25, 0.3) is 0 Å². The number of halogens is 2. The fourth-order valence-corrected chi connectivity index (χ4v) is 4.71. The van der Waals surface area contributed by atoms with Crippen molar-refractivity contribution in [2.45, 2.75) is 23.7 Å². The third-order valence-electron chi connectivity index (χ3n) is 3.63. The minimum atomic E-state index is -3.45. The maximum absolute atomic E-state index is 12.0. The molecule has 0 heterocycles. The Kier molecular flexibility index (Phi) is 4.38. The van der Waals surface area contributed by atoms with E-state index in [-0.39, 0.29) is 18.3 Å². The van der Waals surface area contributed by atoms with Crippen LogP contribution in [-0.4, -0.2) is 25.0 Å². The van der Waals surface area contributed by atoms with Crippen LogP contribution in [0.5, 0.6) is 0 Å². The van der Waals surface area contributed by atoms with Crippen molar-refractivity contribution >= 4 is 33.2 Å². The molecule has 0 aliphatic heterocycles. The van der Waals surface area contributed by atoms with Crippen molar-refractivity contribution in [3.8, 4) is 0 Å². The van der Waals surface area contributed by atoms with Gasteiger partial charge in [0.2, 0.25) is 10.0 Å². The van der Waals surface area contributed by atoms with E-state index in [0.29, 0.717) is 6.42 Å². The third kappa shape index (κ3) is 3.65. The summed E-state index contributed by atoms with van der Waals surface area (Å²) in [6.07, 6.45) is 0.481. The number of hydrogen-bond acceptors (Lipinski definition) is 3. The largest absolute Gasteiger partial charge is 0.323 e. The summed E-state index contributed by atoms with van der Waals surface area (Å²) in [7, 11) is -3.45. The zero-order valence-corrected chi connectivity index (χ0v) is 13.5. The number of nitrogens with two attached hydrogens (primary N) is 1. The highest BCUT2D eigenvalue weighted by molar-refractivity contribution is 7.89. The van der Waals surface area contributed by atoms with Crippen LogP contribution in [0.1, 0.15) is 24.9 Å². The quantitative estimate of drug-likeness (QED) is 0.782. The zero-order valence-electron chi connectivity index (χ0n) is 11.1. The Morgan fingerprint density at radius 2 is 1.90 bits per heavy atom. The molecule has 20 heavy (non-hydrogen) atoms. The van der Waals surface area contributed by atoms with Gasteiger partial charge < -0.3 is 5.73 Å². The lowest BCUT2D eigenvalue weighted by molar-refractivity contribution is 0.546. The monoisotopic (exact) mass is 336 g/mol. The topological polar surface area (TPSA) is 72.2 Å². The number of nitrogens with one attached hydrogen (secondary N) is 1. The molecule has 1 aliphatic rings. The Balaban J connectivity index is 1.90. The van der Waals surface area contributed by atoms with Crippen molar-refractivity contribution in [2.24, 2.45) is 11.1 Å². The lowest BCUT2D eigenvalue weighted by Gasteiger charge is -2.16. The molecule has 2 unspecified atom stereocenters. The Bertz CT molecular complexity index is 577. The van der Waals surface area contributed by atoms with Crippen LogP contribution >= 0.6 is 23.2 Å². The molecule has 1 aliphatic carbocycles. The Morgan fingerprint density at radius 1 is 1.35 bits per heavy atom. The average Bonchev–Trinajstić information content (AvgIpc) is 2.84. The van der Waals surface area contributed by atoms with Gasteiger partial charge in [-0.1, -0.05) is 37.3 Å². The Morgan fingerprint density at radius 3 is 2.40 bits per heavy atom. The minimum absolute atomic E-state index is 0.0888. The standard InChI is InChI=1S/C13H18Cl2N2O2S/c1-12(8-13(12,14)15)9-20(18,19)17-7-11(16)10-5-3-2-4-6-10/h2-6,11,17H,7-9,16H2,1H3. The van der Waals surface area contributed by atoms with Crippen LogP contribution in [0.4, 0.5) is 0 Å². The second-order valence-electron chi connectivity index (χ2n) is 5.57. The van der Waals surface area contributed by atoms with Gasteiger partial charge in [0.05, 0.1) is 5.75 Å². The molecule has 3 N–H and O–H groups in total. The highest BCUT2D eigenvalue weighted by Gasteiger charge is 2.64. The van der Waals surface area contributed by atoms with Gasteiger partial charge in [0.1, 0.15) is 4.33 Å². The average molecular weight is 337 g/mol. The molecule has 1 aromatic carbocycles. The van der Waals surface area contributed by atoms with Gasteiger partial charge in [0.15, 0.2) is 0 Å². The van der Waals surface area contributed by atoms with Crippen LogP contribution in [0.25, 0.3) is 0 Å². The summed E-state index contributed by atoms with van der Waals surface area (Å²) >= 11 is 11.9. The summed E-state index contributed by atoms with van der Waals surface area (Å²) in [5.41, 5.74) is 6.26. The summed E-state index contributed by atoms with van der Waals surface area (Å²) in [4.78, 5) is 0. The van der Waals surface area contributed by atoms with Gasteiger partial charge in [-0.2, -0.15) is 0 Å². The maximum atomic E-state index is 12.0. The summed E-state index contributed by atoms with van der Waals surface area (Å²) < 4.78 is 25.6. The molecule has 0 aromatic heterocycles. The molecule has 1 saturated carbocycles. The van der Waals surface area contributed by atoms with Crippen LogP contribution in [0.3, 0.4) is 0 Å². The maximum Gasteiger partial charge on any atom is 0.212 e. The van der Waals surface area contributed by atoms with Crippen LogP contribution in [0.2, 0.25) is 0 Å². The molecule has 0 saturated heterocycles. The van der Waals surface area contributed by atoms with Gasteiger partial charge in [-0.05, 0) is 12.0 Å². The number of alkyl halides is 2. The van der Waals surface area contributed by atoms with E-state index in [0.717, 1.165) is 5.56 Å². The summed E-state index contributed by atoms with van der Waals surface area (Å²) in [6, 6.07) is 8.96. The number of rotatable bonds is 6. The van der Waals surface area contributed by atoms with Crippen molar-refractivity contribution < 1.29 is 8.42 Å². The molecular weight excluding hydrogens is 319 g/mol. The summed E-state index contributed by atoms with van der Waals surface area (Å²) in [6.45, 7) is 1.92. The molecule has 0 bridgehead atoms. The summed E-state index contributed by atoms with van der Waals surface area (Å²) in [5, 5.41) is 0. The van der Waals surface area contributed by atoms with E-state index in [1.165, 1.54) is 0 Å². The number of hydrogen-bond donors (Lipinski definition) is 2. The third-order valence-corrected chi connectivity index (χ3v) is 6.43. The predicted octanol–water partition coefficient (Wildman–Crippen LogP) is 2.19. The van der Waals surface area contributed by atoms with E-state index in [1.807, 2.05) is 30.3 Å². The molecule has 1 fully saturated rings. The first-order valence-electron chi connectivity index (χ1n) is 6.31. The van der Waals surface area contributed by atoms with Crippen molar-refractivity contribution in [1.82, 2.24) is 4.72 Å². The molecule has 7 heteroatoms. The van der Waals surface area contributed by atoms with Crippen LogP contribution in [-0.2, 0) is 10.0 Å². The van der Waals surface area contributed by atoms with E-state index in [4.69, 9.17) is 28.9 Å². The highest BCUT2D eigenvalue weighted by Crippen LogP contribution is 2.64. The molecule has 2 atom stereocenters. The second-order valence-corrected chi connectivity index (χ2v) is 8.86. The molecule has 0 spiro atoms. The van der Waals surface area contributed by atoms with Gasteiger partial charge >= 0.3 is 0 Å². The lowest BCUT2D eigenvalue weighted by Crippen LogP contribution is -2.36. The van der Waals surface area contributed by atoms with Crippen LogP contribution in [0, 0.1) is 5.41 Å². The van der Waals surface area contributed by atoms with Crippen molar-refractivity contribution in [1.29, 1.82) is 0 Å². The lowest BCUT2D eigenvalue weighted by atomic mass is 10.1. The normalized spacial score (nSPS) is 26.2. The van der Waals surface area contributed by atoms with Crippen molar-refractivity contribution in [3.63, 3.8) is 0 Å². The van der Waals surface area contributed by atoms with Gasteiger partial charge in [-0.25, -0.2) is 13.1 Å². The fourth-order valence-electron chi connectivity index (χ4n) is 2.11. The first-order chi connectivity index (χ1) is 9.15. The van der Waals surface area contributed by atoms with Crippen LogP contribution < -0.4 is 10.5 Å². The van der Waals surface area contributed by atoms with Crippen molar-refractivity contribution in [2.75, 3.05) is 12.3 Å². The van der Waals surface area contributed by atoms with E-state index >= 15 is 0 Å². The minimum Gasteiger partial charge on any atom is -0.323 e. The molecule has 2 rings (SSSR count). The smallest absolute Gasteiger partial charge is 0.212 e. The molecule has 0 amide bonds. The number of sulfonamides is 1. The Labute approximate surface area is 129 Å². The van der Waals surface area contributed by atoms with E-state index < -0.39 is 19.8 Å². The SMILES string of the molecule is CC1(CS(=O)(=O)NCC(N)c2ccccc2)CC1(Cl)Cl. The van der Waals surface area contributed by atoms with E-state index in [9.17, 15) is 8.42 Å². The zero-order chi connectivity index (χ0) is 15.0. The summed E-state index contributed by atoms with van der Waals surface area (Å²) in [5.74, 6) is -0.0888. The molecule has 1 aromatic rings. The van der Waals surface area contributed by atoms with E-state index in [1.54, 1.807) is 6.92 Å². The van der Waals surface area contributed by atoms with Gasteiger partial charge in [-0.15, -0.1) is 23.2 Å².